The number of carboxylic acids is 1. The van der Waals surface area contributed by atoms with Crippen molar-refractivity contribution >= 4 is 47.1 Å². The number of alkyl carbamates (subject to hydrolysis) is 1. The summed E-state index contributed by atoms with van der Waals surface area (Å²) in [4.78, 5) is 47.5. The van der Waals surface area contributed by atoms with E-state index in [4.69, 9.17) is 36.8 Å². The highest BCUT2D eigenvalue weighted by Gasteiger charge is 2.26. The first-order valence-corrected chi connectivity index (χ1v) is 19.2. The second-order valence-corrected chi connectivity index (χ2v) is 15.1. The number of thioether (sulfide) groups is 1. The highest BCUT2D eigenvalue weighted by molar-refractivity contribution is 7.98. The quantitative estimate of drug-likeness (QED) is 0.0573. The zero-order valence-electron chi connectivity index (χ0n) is 31.2. The normalized spacial score (nSPS) is 12.4. The molecular formula is C40H48ClN5O7S. The predicted molar refractivity (Wildman–Crippen MR) is 212 cm³/mol. The lowest BCUT2D eigenvalue weighted by Gasteiger charge is -2.24. The van der Waals surface area contributed by atoms with Gasteiger partial charge in [-0.25, -0.2) is 14.6 Å². The van der Waals surface area contributed by atoms with Crippen LogP contribution in [-0.2, 0) is 32.1 Å². The maximum absolute atomic E-state index is 13.3. The van der Waals surface area contributed by atoms with Crippen molar-refractivity contribution in [2.75, 3.05) is 12.0 Å². The van der Waals surface area contributed by atoms with E-state index in [1.807, 2.05) is 66.4 Å². The molecule has 12 nitrogen and oxygen atoms in total. The molecule has 2 amide bonds. The number of aliphatic carboxylic acids is 1. The number of imidazole rings is 1. The molecule has 0 aliphatic carbocycles. The summed E-state index contributed by atoms with van der Waals surface area (Å²) in [6.07, 6.45) is 4.25. The van der Waals surface area contributed by atoms with Crippen LogP contribution in [0.25, 0.3) is 17.0 Å². The van der Waals surface area contributed by atoms with E-state index < -0.39 is 29.7 Å². The Hall–Kier alpha value is -4.98. The zero-order valence-corrected chi connectivity index (χ0v) is 32.8. The van der Waals surface area contributed by atoms with E-state index in [9.17, 15) is 19.5 Å². The van der Waals surface area contributed by atoms with E-state index in [1.54, 1.807) is 45.0 Å². The standard InChI is InChI=1S/C40H48ClN5O7S/c1-25-9-18-31(32(41)22-25)35-24-46(20-7-8-36(47)43-33(38(48)49)19-21-54-6)37(44-35)34(45-39(50)52-40(3,4)5)23-27-10-14-29(15-11-27)51-30-16-12-28(13-17-30)26(2)53-42/h9-18,22,24,33-34H,2,7-8,19-21,23,42H2,1,3-6H3,(H,43,47)(H,45,50)(H,48,49)/t33-,34?/m0/s1. The molecule has 14 heteroatoms. The highest BCUT2D eigenvalue weighted by Crippen LogP contribution is 2.31. The topological polar surface area (TPSA) is 167 Å². The van der Waals surface area contributed by atoms with Crippen molar-refractivity contribution in [3.63, 3.8) is 0 Å². The van der Waals surface area contributed by atoms with Crippen LogP contribution >= 0.6 is 23.4 Å². The van der Waals surface area contributed by atoms with Gasteiger partial charge in [0.1, 0.15) is 34.7 Å². The van der Waals surface area contributed by atoms with Gasteiger partial charge in [0.25, 0.3) is 0 Å². The van der Waals surface area contributed by atoms with Gasteiger partial charge in [-0.3, -0.25) is 4.79 Å². The van der Waals surface area contributed by atoms with Gasteiger partial charge in [-0.05, 0) is 106 Å². The molecule has 0 bridgehead atoms. The largest absolute Gasteiger partial charge is 0.480 e. The summed E-state index contributed by atoms with van der Waals surface area (Å²) >= 11 is 8.20. The Labute approximate surface area is 325 Å². The van der Waals surface area contributed by atoms with E-state index in [-0.39, 0.29) is 12.3 Å². The Bertz CT molecular complexity index is 1910. The Morgan fingerprint density at radius 3 is 2.30 bits per heavy atom. The van der Waals surface area contributed by atoms with Crippen LogP contribution in [0.1, 0.15) is 68.6 Å². The number of benzene rings is 3. The van der Waals surface area contributed by atoms with Crippen molar-refractivity contribution < 1.29 is 33.8 Å². The second kappa shape index (κ2) is 19.4. The van der Waals surface area contributed by atoms with Gasteiger partial charge < -0.3 is 34.6 Å². The number of hydrogen-bond donors (Lipinski definition) is 4. The summed E-state index contributed by atoms with van der Waals surface area (Å²) in [7, 11) is 0. The Morgan fingerprint density at radius 1 is 1.04 bits per heavy atom. The van der Waals surface area contributed by atoms with Gasteiger partial charge in [-0.1, -0.05) is 42.4 Å². The van der Waals surface area contributed by atoms with Crippen LogP contribution in [-0.4, -0.2) is 56.3 Å². The van der Waals surface area contributed by atoms with Crippen LogP contribution in [0, 0.1) is 6.92 Å². The Morgan fingerprint density at radius 2 is 1.70 bits per heavy atom. The van der Waals surface area contributed by atoms with Gasteiger partial charge in [-0.15, -0.1) is 0 Å². The van der Waals surface area contributed by atoms with Gasteiger partial charge in [0.05, 0.1) is 16.8 Å². The highest BCUT2D eigenvalue weighted by atomic mass is 35.5. The van der Waals surface area contributed by atoms with Crippen molar-refractivity contribution in [2.24, 2.45) is 5.90 Å². The fraction of sp³-hybridized carbons (Fsp3) is 0.350. The molecule has 0 radical (unpaired) electrons. The third-order valence-corrected chi connectivity index (χ3v) is 9.13. The van der Waals surface area contributed by atoms with Gasteiger partial charge in [0.2, 0.25) is 5.91 Å². The number of carbonyl (C=O) groups is 3. The van der Waals surface area contributed by atoms with Crippen molar-refractivity contribution in [3.05, 3.63) is 107 Å². The minimum Gasteiger partial charge on any atom is -0.480 e. The molecule has 0 aliphatic rings. The number of aryl methyl sites for hydroxylation is 2. The SMILES string of the molecule is C=C(ON)c1ccc(Oc2ccc(CC(NC(=O)OC(C)(C)C)c3nc(-c4ccc(C)cc4Cl)cn3CCCC(=O)N[C@@H](CCSC)C(=O)O)cc2)cc1. The van der Waals surface area contributed by atoms with Crippen molar-refractivity contribution in [1.29, 1.82) is 0 Å². The lowest BCUT2D eigenvalue weighted by Crippen LogP contribution is -2.41. The van der Waals surface area contributed by atoms with Gasteiger partial charge in [0, 0.05) is 36.7 Å². The third kappa shape index (κ3) is 12.6. The van der Waals surface area contributed by atoms with Crippen LogP contribution in [0.3, 0.4) is 0 Å². The molecule has 4 aromatic rings. The number of nitrogens with zero attached hydrogens (tertiary/aromatic N) is 2. The lowest BCUT2D eigenvalue weighted by molar-refractivity contribution is -0.141. The number of carbonyl (C=O) groups excluding carboxylic acids is 2. The molecule has 0 saturated carbocycles. The van der Waals surface area contributed by atoms with Crippen molar-refractivity contribution in [3.8, 4) is 22.8 Å². The minimum absolute atomic E-state index is 0.0885. The van der Waals surface area contributed by atoms with Crippen LogP contribution in [0.15, 0.2) is 79.5 Å². The maximum Gasteiger partial charge on any atom is 0.408 e. The minimum atomic E-state index is -1.07. The first kappa shape index (κ1) is 41.8. The molecular weight excluding hydrogens is 730 g/mol. The number of ether oxygens (including phenoxy) is 2. The molecule has 1 heterocycles. The van der Waals surface area contributed by atoms with Crippen LogP contribution in [0.2, 0.25) is 5.02 Å². The van der Waals surface area contributed by atoms with Crippen LogP contribution in [0.4, 0.5) is 4.79 Å². The first-order chi connectivity index (χ1) is 25.6. The molecule has 0 fully saturated rings. The summed E-state index contributed by atoms with van der Waals surface area (Å²) in [5, 5.41) is 15.7. The predicted octanol–water partition coefficient (Wildman–Crippen LogP) is 8.08. The first-order valence-electron chi connectivity index (χ1n) is 17.4. The average molecular weight is 778 g/mol. The summed E-state index contributed by atoms with van der Waals surface area (Å²) in [5.74, 6) is 6.48. The molecule has 2 atom stereocenters. The van der Waals surface area contributed by atoms with E-state index in [1.165, 1.54) is 11.8 Å². The number of halogens is 1. The molecule has 0 aliphatic heterocycles. The fourth-order valence-electron chi connectivity index (χ4n) is 5.51. The van der Waals surface area contributed by atoms with Crippen molar-refractivity contribution in [1.82, 2.24) is 20.2 Å². The Kier molecular flexibility index (Phi) is 15.0. The van der Waals surface area contributed by atoms with Crippen molar-refractivity contribution in [2.45, 2.75) is 77.6 Å². The maximum atomic E-state index is 13.3. The number of aromatic nitrogens is 2. The van der Waals surface area contributed by atoms with Gasteiger partial charge in [-0.2, -0.15) is 17.7 Å². The zero-order chi connectivity index (χ0) is 39.4. The molecule has 3 aromatic carbocycles. The van der Waals surface area contributed by atoms with Crippen LogP contribution < -0.4 is 21.3 Å². The number of rotatable bonds is 18. The van der Waals surface area contributed by atoms with E-state index >= 15 is 0 Å². The summed E-state index contributed by atoms with van der Waals surface area (Å²) in [5.41, 5.74) is 3.16. The van der Waals surface area contributed by atoms with E-state index in [0.717, 1.165) is 16.7 Å². The van der Waals surface area contributed by atoms with Crippen LogP contribution in [0.5, 0.6) is 11.5 Å². The fourth-order valence-corrected chi connectivity index (χ4v) is 6.32. The number of amides is 2. The number of nitrogens with one attached hydrogen (secondary N) is 2. The number of nitrogens with two attached hydrogens (primary N) is 1. The number of hydrogen-bond acceptors (Lipinski definition) is 9. The average Bonchev–Trinajstić information content (AvgIpc) is 3.53. The van der Waals surface area contributed by atoms with Gasteiger partial charge in [0.15, 0.2) is 0 Å². The molecule has 1 aromatic heterocycles. The smallest absolute Gasteiger partial charge is 0.408 e. The summed E-state index contributed by atoms with van der Waals surface area (Å²) < 4.78 is 13.6. The monoisotopic (exact) mass is 777 g/mol. The van der Waals surface area contributed by atoms with E-state index in [0.29, 0.717) is 70.9 Å². The Balaban J connectivity index is 1.62. The third-order valence-electron chi connectivity index (χ3n) is 8.17. The molecule has 0 spiro atoms. The second-order valence-electron chi connectivity index (χ2n) is 13.7. The summed E-state index contributed by atoms with van der Waals surface area (Å²) in [6.45, 7) is 11.4. The molecule has 54 heavy (non-hydrogen) atoms. The summed E-state index contributed by atoms with van der Waals surface area (Å²) in [6, 6.07) is 18.7. The molecule has 288 valence electrons. The van der Waals surface area contributed by atoms with E-state index in [2.05, 4.69) is 17.2 Å². The molecule has 1 unspecified atom stereocenters. The number of carboxylic acid groups (broad SMARTS) is 1. The lowest BCUT2D eigenvalue weighted by atomic mass is 10.0. The molecule has 5 N–H and O–H groups in total. The molecule has 0 saturated heterocycles. The molecule has 4 rings (SSSR count). The van der Waals surface area contributed by atoms with Gasteiger partial charge >= 0.3 is 12.1 Å².